The molecule has 2 aromatic heterocycles. The van der Waals surface area contributed by atoms with E-state index in [2.05, 4.69) is 193 Å². The Hall–Kier alpha value is -6.00. The molecule has 0 aliphatic heterocycles. The van der Waals surface area contributed by atoms with Crippen LogP contribution in [-0.2, 0) is 0 Å². The highest BCUT2D eigenvalue weighted by atomic mass is 32.1. The molecule has 240 valence electrons. The summed E-state index contributed by atoms with van der Waals surface area (Å²) in [5, 5.41) is 5.18. The minimum atomic E-state index is 1.13. The van der Waals surface area contributed by atoms with Crippen LogP contribution in [0.1, 0.15) is 0 Å². The topological polar surface area (TPSA) is 3.24 Å². The van der Waals surface area contributed by atoms with E-state index >= 15 is 0 Å². The molecule has 10 rings (SSSR count). The van der Waals surface area contributed by atoms with Crippen molar-refractivity contribution < 1.29 is 0 Å². The van der Waals surface area contributed by atoms with Crippen molar-refractivity contribution in [3.05, 3.63) is 188 Å². The van der Waals surface area contributed by atoms with E-state index in [1.54, 1.807) is 0 Å². The molecule has 0 unspecified atom stereocenters. The van der Waals surface area contributed by atoms with Gasteiger partial charge in [-0.15, -0.1) is 22.7 Å². The van der Waals surface area contributed by atoms with Gasteiger partial charge in [0.05, 0.1) is 10.4 Å². The molecule has 0 fully saturated rings. The molecule has 51 heavy (non-hydrogen) atoms. The standard InChI is InChI=1S/C48H31NS2/c1-4-12-32(13-5-1)34-20-23-37(24-21-34)49(38-25-27-42-41-26-22-36(33-14-6-2-7-15-33)30-45(41)50-46(42)31-38)47-39(35-16-8-3-9-17-35)28-29-43-40-18-10-11-19-44(40)51-48(43)47/h1-31H. The maximum atomic E-state index is 2.49. The van der Waals surface area contributed by atoms with Crippen LogP contribution in [0, 0.1) is 0 Å². The van der Waals surface area contributed by atoms with E-state index < -0.39 is 0 Å². The van der Waals surface area contributed by atoms with Crippen molar-refractivity contribution in [2.24, 2.45) is 0 Å². The second-order valence-electron chi connectivity index (χ2n) is 12.9. The number of hydrogen-bond donors (Lipinski definition) is 0. The van der Waals surface area contributed by atoms with Crippen LogP contribution in [0.15, 0.2) is 188 Å². The monoisotopic (exact) mass is 685 g/mol. The van der Waals surface area contributed by atoms with Gasteiger partial charge in [0.25, 0.3) is 0 Å². The van der Waals surface area contributed by atoms with Crippen molar-refractivity contribution >= 4 is 80.1 Å². The highest BCUT2D eigenvalue weighted by Gasteiger charge is 2.23. The zero-order chi connectivity index (χ0) is 33.7. The molecule has 2 heterocycles. The van der Waals surface area contributed by atoms with Gasteiger partial charge in [0.2, 0.25) is 0 Å². The molecule has 8 aromatic carbocycles. The highest BCUT2D eigenvalue weighted by Crippen LogP contribution is 2.50. The third-order valence-corrected chi connectivity index (χ3v) is 12.2. The lowest BCUT2D eigenvalue weighted by molar-refractivity contribution is 1.31. The molecular weight excluding hydrogens is 655 g/mol. The Balaban J connectivity index is 1.22. The Morgan fingerprint density at radius 2 is 0.824 bits per heavy atom. The van der Waals surface area contributed by atoms with Crippen LogP contribution in [0.4, 0.5) is 17.1 Å². The zero-order valence-corrected chi connectivity index (χ0v) is 29.3. The van der Waals surface area contributed by atoms with Gasteiger partial charge < -0.3 is 4.90 Å². The van der Waals surface area contributed by atoms with E-state index in [1.807, 2.05) is 22.7 Å². The lowest BCUT2D eigenvalue weighted by Crippen LogP contribution is -2.11. The van der Waals surface area contributed by atoms with E-state index in [1.165, 1.54) is 79.4 Å². The average Bonchev–Trinajstić information content (AvgIpc) is 3.77. The van der Waals surface area contributed by atoms with Crippen LogP contribution in [0.25, 0.3) is 73.7 Å². The van der Waals surface area contributed by atoms with Gasteiger partial charge in [-0.2, -0.15) is 0 Å². The van der Waals surface area contributed by atoms with Crippen LogP contribution in [0.3, 0.4) is 0 Å². The smallest absolute Gasteiger partial charge is 0.0718 e. The van der Waals surface area contributed by atoms with E-state index in [9.17, 15) is 0 Å². The van der Waals surface area contributed by atoms with E-state index in [0.717, 1.165) is 11.4 Å². The first-order valence-electron chi connectivity index (χ1n) is 17.3. The van der Waals surface area contributed by atoms with Crippen LogP contribution < -0.4 is 4.90 Å². The van der Waals surface area contributed by atoms with Crippen LogP contribution >= 0.6 is 22.7 Å². The molecule has 1 nitrogen and oxygen atoms in total. The Bertz CT molecular complexity index is 2830. The van der Waals surface area contributed by atoms with Gasteiger partial charge in [0.1, 0.15) is 0 Å². The summed E-state index contributed by atoms with van der Waals surface area (Å²) in [4.78, 5) is 2.49. The number of nitrogens with zero attached hydrogens (tertiary/aromatic N) is 1. The molecule has 0 aliphatic rings. The molecule has 0 spiro atoms. The summed E-state index contributed by atoms with van der Waals surface area (Å²) in [7, 11) is 0. The quantitative estimate of drug-likeness (QED) is 0.168. The predicted octanol–water partition coefficient (Wildman–Crippen LogP) is 14.9. The van der Waals surface area contributed by atoms with Gasteiger partial charge in [-0.1, -0.05) is 152 Å². The summed E-state index contributed by atoms with van der Waals surface area (Å²) in [5.41, 5.74) is 10.8. The highest BCUT2D eigenvalue weighted by molar-refractivity contribution is 7.26. The molecular formula is C48H31NS2. The fraction of sp³-hybridized carbons (Fsp3) is 0. The minimum Gasteiger partial charge on any atom is -0.308 e. The van der Waals surface area contributed by atoms with Crippen molar-refractivity contribution in [1.82, 2.24) is 0 Å². The van der Waals surface area contributed by atoms with Crippen molar-refractivity contribution in [2.45, 2.75) is 0 Å². The zero-order valence-electron chi connectivity index (χ0n) is 27.7. The first-order chi connectivity index (χ1) is 25.3. The van der Waals surface area contributed by atoms with Crippen molar-refractivity contribution in [3.63, 3.8) is 0 Å². The Morgan fingerprint density at radius 1 is 0.314 bits per heavy atom. The largest absolute Gasteiger partial charge is 0.308 e. The van der Waals surface area contributed by atoms with Gasteiger partial charge in [0.15, 0.2) is 0 Å². The first-order valence-corrected chi connectivity index (χ1v) is 18.9. The van der Waals surface area contributed by atoms with Gasteiger partial charge in [0, 0.05) is 52.6 Å². The van der Waals surface area contributed by atoms with Gasteiger partial charge in [-0.3, -0.25) is 0 Å². The Morgan fingerprint density at radius 3 is 1.55 bits per heavy atom. The van der Waals surface area contributed by atoms with Crippen LogP contribution in [0.2, 0.25) is 0 Å². The Labute approximate surface area is 304 Å². The molecule has 0 aliphatic carbocycles. The van der Waals surface area contributed by atoms with Crippen molar-refractivity contribution in [2.75, 3.05) is 4.90 Å². The normalized spacial score (nSPS) is 11.5. The van der Waals surface area contributed by atoms with E-state index in [0.29, 0.717) is 0 Å². The summed E-state index contributed by atoms with van der Waals surface area (Å²) in [6.07, 6.45) is 0. The third-order valence-electron chi connectivity index (χ3n) is 9.88. The molecule has 0 saturated heterocycles. The number of hydrogen-bond acceptors (Lipinski definition) is 3. The molecule has 0 amide bonds. The summed E-state index contributed by atoms with van der Waals surface area (Å²) >= 11 is 3.76. The Kier molecular flexibility index (Phi) is 7.26. The summed E-state index contributed by atoms with van der Waals surface area (Å²) in [6, 6.07) is 68.6. The molecule has 0 bridgehead atoms. The lowest BCUT2D eigenvalue weighted by atomic mass is 9.98. The average molecular weight is 686 g/mol. The van der Waals surface area contributed by atoms with Crippen LogP contribution in [0.5, 0.6) is 0 Å². The maximum absolute atomic E-state index is 2.49. The van der Waals surface area contributed by atoms with Crippen LogP contribution in [-0.4, -0.2) is 0 Å². The minimum absolute atomic E-state index is 1.13. The van der Waals surface area contributed by atoms with Gasteiger partial charge in [-0.25, -0.2) is 0 Å². The van der Waals surface area contributed by atoms with E-state index in [4.69, 9.17) is 0 Å². The number of benzene rings is 8. The maximum Gasteiger partial charge on any atom is 0.0718 e. The number of fused-ring (bicyclic) bond motifs is 6. The SMILES string of the molecule is c1ccc(-c2ccc(N(c3ccc4c(c3)sc3cc(-c5ccccc5)ccc34)c3c(-c4ccccc4)ccc4c3sc3ccccc34)cc2)cc1. The molecule has 0 saturated carbocycles. The number of anilines is 3. The second kappa shape index (κ2) is 12.4. The molecule has 0 atom stereocenters. The van der Waals surface area contributed by atoms with Gasteiger partial charge >= 0.3 is 0 Å². The van der Waals surface area contributed by atoms with Crippen molar-refractivity contribution in [1.29, 1.82) is 0 Å². The molecule has 3 heteroatoms. The molecule has 0 radical (unpaired) electrons. The van der Waals surface area contributed by atoms with E-state index in [-0.39, 0.29) is 0 Å². The first kappa shape index (κ1) is 29.9. The second-order valence-corrected chi connectivity index (χ2v) is 15.0. The number of rotatable bonds is 6. The van der Waals surface area contributed by atoms with Crippen molar-refractivity contribution in [3.8, 4) is 33.4 Å². The molecule has 10 aromatic rings. The number of thiophene rings is 2. The third kappa shape index (κ3) is 5.21. The predicted molar refractivity (Wildman–Crippen MR) is 223 cm³/mol. The lowest BCUT2D eigenvalue weighted by Gasteiger charge is -2.29. The fourth-order valence-corrected chi connectivity index (χ4v) is 9.82. The van der Waals surface area contributed by atoms with Gasteiger partial charge in [-0.05, 0) is 64.2 Å². The molecule has 0 N–H and O–H groups in total. The summed E-state index contributed by atoms with van der Waals surface area (Å²) < 4.78 is 5.17. The summed E-state index contributed by atoms with van der Waals surface area (Å²) in [5.74, 6) is 0. The fourth-order valence-electron chi connectivity index (χ4n) is 7.40. The summed E-state index contributed by atoms with van der Waals surface area (Å²) in [6.45, 7) is 0.